The number of hydrogen-bond acceptors (Lipinski definition) is 15. The van der Waals surface area contributed by atoms with Crippen LogP contribution in [0.1, 0.15) is 51.8 Å². The molecular weight excluding hydrogens is 942 g/mol. The molecular formula is C45H55F3N12O11. The Morgan fingerprint density at radius 3 is 0.901 bits per heavy atom. The highest BCUT2D eigenvalue weighted by Gasteiger charge is 2.25. The van der Waals surface area contributed by atoms with E-state index in [1.54, 1.807) is 13.7 Å². The molecule has 0 saturated carbocycles. The first-order chi connectivity index (χ1) is 33.1. The summed E-state index contributed by atoms with van der Waals surface area (Å²) in [4.78, 5) is 88.8. The van der Waals surface area contributed by atoms with Crippen molar-refractivity contribution >= 4 is 68.5 Å². The van der Waals surface area contributed by atoms with Gasteiger partial charge in [-0.15, -0.1) is 0 Å². The Morgan fingerprint density at radius 2 is 0.704 bits per heavy atom. The lowest BCUT2D eigenvalue weighted by Crippen LogP contribution is -2.44. The van der Waals surface area contributed by atoms with E-state index >= 15 is 0 Å². The molecule has 9 heterocycles. The van der Waals surface area contributed by atoms with Gasteiger partial charge < -0.3 is 70.6 Å². The Hall–Kier alpha value is -7.52. The van der Waals surface area contributed by atoms with Gasteiger partial charge in [-0.25, -0.2) is 42.5 Å². The van der Waals surface area contributed by atoms with Crippen LogP contribution in [-0.2, 0) is 19.6 Å². The van der Waals surface area contributed by atoms with Gasteiger partial charge in [0.1, 0.15) is 33.6 Å². The van der Waals surface area contributed by atoms with Gasteiger partial charge in [0.15, 0.2) is 34.9 Å². The average molecular weight is 997 g/mol. The minimum Gasteiger partial charge on any atom is -0.477 e. The summed E-state index contributed by atoms with van der Waals surface area (Å²) >= 11 is 0. The Balaban J connectivity index is 0.000000195. The standard InChI is InChI=1S/3C15H17FN4O3.2H2O/c3*1-2-19-8-10(15(22)23)12(21)9-7-11(16)14(18-13(9)19)20-5-3-17-4-6-20;;/h3*7-8,17H,2-6H2,1H3,(H,22,23);2*1H2. The lowest BCUT2D eigenvalue weighted by Gasteiger charge is -2.29. The monoisotopic (exact) mass is 996 g/mol. The van der Waals surface area contributed by atoms with E-state index in [2.05, 4.69) is 30.9 Å². The summed E-state index contributed by atoms with van der Waals surface area (Å²) in [7, 11) is 0. The van der Waals surface area contributed by atoms with Gasteiger partial charge in [-0.2, -0.15) is 0 Å². The Morgan fingerprint density at radius 1 is 0.479 bits per heavy atom. The van der Waals surface area contributed by atoms with Crippen molar-refractivity contribution in [3.8, 4) is 0 Å². The Bertz CT molecular complexity index is 2820. The van der Waals surface area contributed by atoms with E-state index in [9.17, 15) is 41.9 Å². The number of rotatable bonds is 9. The van der Waals surface area contributed by atoms with E-state index in [1.165, 1.54) is 18.6 Å². The zero-order chi connectivity index (χ0) is 49.7. The first-order valence-corrected chi connectivity index (χ1v) is 22.4. The quantitative estimate of drug-likeness (QED) is 0.114. The number of halogens is 3. The lowest BCUT2D eigenvalue weighted by molar-refractivity contribution is 0.0684. The smallest absolute Gasteiger partial charge is 0.341 e. The van der Waals surface area contributed by atoms with Crippen LogP contribution in [0.15, 0.2) is 51.2 Å². The van der Waals surface area contributed by atoms with Crippen molar-refractivity contribution in [2.75, 3.05) is 93.2 Å². The third-order valence-electron chi connectivity index (χ3n) is 11.9. The molecule has 6 aromatic heterocycles. The van der Waals surface area contributed by atoms with Crippen molar-refractivity contribution < 1.29 is 53.8 Å². The molecule has 3 aliphatic rings. The van der Waals surface area contributed by atoms with Gasteiger partial charge in [-0.05, 0) is 39.0 Å². The first kappa shape index (κ1) is 54.4. The molecule has 71 heavy (non-hydrogen) atoms. The van der Waals surface area contributed by atoms with Crippen LogP contribution in [0.2, 0.25) is 0 Å². The molecule has 0 aliphatic carbocycles. The predicted octanol–water partition coefficient (Wildman–Crippen LogP) is 0.341. The molecule has 10 N–H and O–H groups in total. The number of aromatic carboxylic acids is 3. The largest absolute Gasteiger partial charge is 0.477 e. The third-order valence-corrected chi connectivity index (χ3v) is 11.9. The van der Waals surface area contributed by atoms with E-state index in [4.69, 9.17) is 15.3 Å². The predicted molar refractivity (Wildman–Crippen MR) is 258 cm³/mol. The highest BCUT2D eigenvalue weighted by Crippen LogP contribution is 2.25. The van der Waals surface area contributed by atoms with Crippen molar-refractivity contribution in [1.82, 2.24) is 44.6 Å². The maximum absolute atomic E-state index is 14.4. The van der Waals surface area contributed by atoms with Crippen LogP contribution < -0.4 is 46.9 Å². The minimum absolute atomic E-state index is 0. The van der Waals surface area contributed by atoms with Crippen LogP contribution >= 0.6 is 0 Å². The van der Waals surface area contributed by atoms with Gasteiger partial charge >= 0.3 is 17.9 Å². The lowest BCUT2D eigenvalue weighted by atomic mass is 10.2. The Kier molecular flexibility index (Phi) is 17.9. The summed E-state index contributed by atoms with van der Waals surface area (Å²) < 4.78 is 48.0. The number of carboxylic acid groups (broad SMARTS) is 3. The normalized spacial score (nSPS) is 14.7. The summed E-state index contributed by atoms with van der Waals surface area (Å²) in [6.45, 7) is 14.9. The highest BCUT2D eigenvalue weighted by molar-refractivity contribution is 5.94. The fourth-order valence-corrected chi connectivity index (χ4v) is 8.30. The van der Waals surface area contributed by atoms with E-state index in [1.807, 2.05) is 35.5 Å². The number of pyridine rings is 6. The number of carbonyl (C=O) groups is 3. The summed E-state index contributed by atoms with van der Waals surface area (Å²) in [6, 6.07) is 3.29. The van der Waals surface area contributed by atoms with Crippen LogP contribution in [0, 0.1) is 17.5 Å². The fraction of sp³-hybridized carbons (Fsp3) is 0.400. The van der Waals surface area contributed by atoms with Gasteiger partial charge in [0.2, 0.25) is 16.3 Å². The van der Waals surface area contributed by atoms with E-state index in [-0.39, 0.29) is 61.3 Å². The number of piperazine rings is 3. The van der Waals surface area contributed by atoms with Gasteiger partial charge in [-0.1, -0.05) is 0 Å². The van der Waals surface area contributed by atoms with Gasteiger partial charge in [0, 0.05) is 117 Å². The molecule has 0 amide bonds. The van der Waals surface area contributed by atoms with Crippen molar-refractivity contribution in [2.24, 2.45) is 0 Å². The molecule has 6 aromatic rings. The first-order valence-electron chi connectivity index (χ1n) is 22.4. The van der Waals surface area contributed by atoms with Crippen molar-refractivity contribution in [2.45, 2.75) is 40.4 Å². The molecule has 0 atom stereocenters. The third kappa shape index (κ3) is 11.3. The van der Waals surface area contributed by atoms with Crippen LogP contribution in [0.4, 0.5) is 30.6 Å². The molecule has 0 bridgehead atoms. The summed E-state index contributed by atoms with van der Waals surface area (Å²) in [5.41, 5.74) is -2.37. The second-order valence-electron chi connectivity index (χ2n) is 16.1. The minimum atomic E-state index is -1.33. The second-order valence-corrected chi connectivity index (χ2v) is 16.1. The topological polar surface area (TPSA) is 325 Å². The number of aromatic nitrogens is 6. The molecule has 0 unspecified atom stereocenters. The van der Waals surface area contributed by atoms with Crippen molar-refractivity contribution in [3.63, 3.8) is 0 Å². The van der Waals surface area contributed by atoms with Crippen LogP contribution in [0.3, 0.4) is 0 Å². The van der Waals surface area contributed by atoms with E-state index in [0.29, 0.717) is 75.8 Å². The number of nitrogens with one attached hydrogen (secondary N) is 3. The van der Waals surface area contributed by atoms with Crippen LogP contribution in [-0.4, -0.2) is 151 Å². The Labute approximate surface area is 401 Å². The number of fused-ring (bicyclic) bond motifs is 3. The van der Waals surface area contributed by atoms with Crippen molar-refractivity contribution in [1.29, 1.82) is 0 Å². The number of nitrogens with zero attached hydrogens (tertiary/aromatic N) is 9. The van der Waals surface area contributed by atoms with E-state index in [0.717, 1.165) is 57.5 Å². The van der Waals surface area contributed by atoms with Gasteiger partial charge in [0.25, 0.3) is 0 Å². The van der Waals surface area contributed by atoms with Crippen molar-refractivity contribution in [3.05, 3.63) is 102 Å². The fourth-order valence-electron chi connectivity index (χ4n) is 8.30. The molecule has 26 heteroatoms. The van der Waals surface area contributed by atoms with E-state index < -0.39 is 51.6 Å². The average Bonchev–Trinajstić information content (AvgIpc) is 3.35. The molecule has 3 saturated heterocycles. The number of carboxylic acids is 3. The molecule has 23 nitrogen and oxygen atoms in total. The molecule has 3 fully saturated rings. The summed E-state index contributed by atoms with van der Waals surface area (Å²) in [5.74, 6) is -5.22. The number of hydrogen-bond donors (Lipinski definition) is 6. The molecule has 0 spiro atoms. The molecule has 3 aliphatic heterocycles. The summed E-state index contributed by atoms with van der Waals surface area (Å²) in [5, 5.41) is 36.9. The SMILES string of the molecule is CCn1cc(C(=O)O)c(=O)c2cc(F)c(N3CCNCC3)nc21.CCn1cc(C(=O)O)c(=O)c2cc(F)c(N3CCNCC3)nc21.CCn1cc(C(=O)O)c(=O)c2cc(F)c(N3CCNCC3)nc21.O.O. The number of aryl methyl sites for hydroxylation is 3. The maximum Gasteiger partial charge on any atom is 0.341 e. The second kappa shape index (κ2) is 23.4. The van der Waals surface area contributed by atoms with Crippen LogP contribution in [0.25, 0.3) is 33.1 Å². The molecule has 382 valence electrons. The van der Waals surface area contributed by atoms with Gasteiger partial charge in [0.05, 0.1) is 16.2 Å². The molecule has 9 rings (SSSR count). The zero-order valence-electron chi connectivity index (χ0n) is 39.0. The zero-order valence-corrected chi connectivity index (χ0v) is 39.0. The maximum atomic E-state index is 14.4. The number of anilines is 3. The van der Waals surface area contributed by atoms with Gasteiger partial charge in [-0.3, -0.25) is 14.4 Å². The summed E-state index contributed by atoms with van der Waals surface area (Å²) in [6.07, 6.45) is 3.79. The molecule has 0 radical (unpaired) electrons. The van der Waals surface area contributed by atoms with Crippen LogP contribution in [0.5, 0.6) is 0 Å². The molecule has 0 aromatic carbocycles. The highest BCUT2D eigenvalue weighted by atomic mass is 19.1.